The fourth-order valence-electron chi connectivity index (χ4n) is 2.18. The van der Waals surface area contributed by atoms with Crippen molar-refractivity contribution in [1.29, 1.82) is 0 Å². The van der Waals surface area contributed by atoms with Crippen molar-refractivity contribution in [3.63, 3.8) is 0 Å². The molecule has 2 aromatic rings. The molecule has 0 radical (unpaired) electrons. The summed E-state index contributed by atoms with van der Waals surface area (Å²) >= 11 is 0. The maximum absolute atomic E-state index is 11.6. The maximum Gasteiger partial charge on any atom is 0.240 e. The van der Waals surface area contributed by atoms with E-state index in [0.29, 0.717) is 17.9 Å². The molecule has 2 rings (SSSR count). The van der Waals surface area contributed by atoms with Crippen molar-refractivity contribution in [2.24, 2.45) is 12.2 Å². The van der Waals surface area contributed by atoms with Crippen LogP contribution in [-0.4, -0.2) is 18.2 Å². The van der Waals surface area contributed by atoms with Crippen molar-refractivity contribution in [1.82, 2.24) is 9.78 Å². The first-order valence-electron chi connectivity index (χ1n) is 6.35. The van der Waals surface area contributed by atoms with E-state index in [1.165, 1.54) is 6.07 Å². The molecule has 114 valence electrons. The van der Waals surface area contributed by atoms with E-state index in [4.69, 9.17) is 10.9 Å². The molecule has 0 unspecified atom stereocenters. The van der Waals surface area contributed by atoms with Gasteiger partial charge in [0.2, 0.25) is 10.0 Å². The van der Waals surface area contributed by atoms with E-state index in [1.54, 1.807) is 16.8 Å². The second kappa shape index (κ2) is 5.38. The molecule has 7 nitrogen and oxygen atoms in total. The molecule has 0 spiro atoms. The van der Waals surface area contributed by atoms with Crippen LogP contribution in [-0.2, 0) is 23.6 Å². The van der Waals surface area contributed by atoms with Crippen molar-refractivity contribution in [2.45, 2.75) is 25.3 Å². The topological polar surface area (TPSA) is 116 Å². The summed E-state index contributed by atoms with van der Waals surface area (Å²) in [6.07, 6.45) is 0. The highest BCUT2D eigenvalue weighted by atomic mass is 32.2. The number of rotatable bonds is 4. The average Bonchev–Trinajstić information content (AvgIpc) is 2.61. The minimum absolute atomic E-state index is 0.0123. The van der Waals surface area contributed by atoms with Crippen molar-refractivity contribution < 1.29 is 8.42 Å². The Bertz CT molecular complexity index is 780. The van der Waals surface area contributed by atoms with Crippen LogP contribution < -0.4 is 16.2 Å². The Balaban J connectivity index is 2.33. The fraction of sp³-hybridized carbons (Fsp3) is 0.308. The Morgan fingerprint density at radius 2 is 2.00 bits per heavy atom. The number of aromatic nitrogens is 2. The smallest absolute Gasteiger partial charge is 0.240 e. The van der Waals surface area contributed by atoms with Gasteiger partial charge in [-0.15, -0.1) is 0 Å². The summed E-state index contributed by atoms with van der Waals surface area (Å²) in [5, 5.41) is 12.6. The van der Waals surface area contributed by atoms with Crippen molar-refractivity contribution >= 4 is 21.4 Å². The molecule has 1 aromatic heterocycles. The number of benzene rings is 1. The molecule has 5 N–H and O–H groups in total. The van der Waals surface area contributed by atoms with E-state index in [1.807, 2.05) is 20.9 Å². The molecular formula is C13H19N5O2S. The minimum Gasteiger partial charge on any atom is -0.399 e. The van der Waals surface area contributed by atoms with Crippen LogP contribution in [0.1, 0.15) is 17.0 Å². The summed E-state index contributed by atoms with van der Waals surface area (Å²) in [4.78, 5) is -0.0123. The minimum atomic E-state index is -3.84. The Hall–Kier alpha value is -2.06. The number of nitrogen functional groups attached to an aromatic ring is 1. The lowest BCUT2D eigenvalue weighted by molar-refractivity contribution is 0.598. The van der Waals surface area contributed by atoms with Crippen molar-refractivity contribution in [3.05, 3.63) is 35.2 Å². The van der Waals surface area contributed by atoms with Gasteiger partial charge >= 0.3 is 0 Å². The molecule has 0 bridgehead atoms. The number of aryl methyl sites for hydroxylation is 2. The van der Waals surface area contributed by atoms with Gasteiger partial charge in [-0.3, -0.25) is 4.68 Å². The lowest BCUT2D eigenvalue weighted by atomic mass is 10.2. The van der Waals surface area contributed by atoms with E-state index in [9.17, 15) is 8.42 Å². The van der Waals surface area contributed by atoms with Crippen molar-refractivity contribution in [2.75, 3.05) is 11.1 Å². The zero-order valence-electron chi connectivity index (χ0n) is 12.2. The molecule has 0 saturated carbocycles. The van der Waals surface area contributed by atoms with Crippen LogP contribution in [0.5, 0.6) is 0 Å². The third kappa shape index (κ3) is 3.17. The predicted molar refractivity (Wildman–Crippen MR) is 82.2 cm³/mol. The molecule has 21 heavy (non-hydrogen) atoms. The molecule has 1 heterocycles. The molecule has 1 aromatic carbocycles. The van der Waals surface area contributed by atoms with Crippen LogP contribution in [0.3, 0.4) is 0 Å². The maximum atomic E-state index is 11.6. The molecule has 0 atom stereocenters. The van der Waals surface area contributed by atoms with Crippen LogP contribution in [0.4, 0.5) is 11.4 Å². The summed E-state index contributed by atoms with van der Waals surface area (Å²) in [6.45, 7) is 4.33. The SMILES string of the molecule is Cc1nn(C)c(C)c1CNc1ccc(N)cc1S(N)(=O)=O. The van der Waals surface area contributed by atoms with Crippen LogP contribution in [0, 0.1) is 13.8 Å². The molecule has 0 fully saturated rings. The normalized spacial score (nSPS) is 11.6. The number of hydrogen-bond acceptors (Lipinski definition) is 5. The molecule has 0 aliphatic heterocycles. The Morgan fingerprint density at radius 1 is 1.33 bits per heavy atom. The number of anilines is 2. The second-order valence-electron chi connectivity index (χ2n) is 4.93. The summed E-state index contributed by atoms with van der Waals surface area (Å²) in [5.74, 6) is 0. The Kier molecular flexibility index (Phi) is 3.93. The highest BCUT2D eigenvalue weighted by molar-refractivity contribution is 7.89. The highest BCUT2D eigenvalue weighted by Gasteiger charge is 2.15. The van der Waals surface area contributed by atoms with Gasteiger partial charge in [-0.2, -0.15) is 5.10 Å². The summed E-state index contributed by atoms with van der Waals surface area (Å²) in [7, 11) is -1.97. The van der Waals surface area contributed by atoms with Crippen LogP contribution in [0.25, 0.3) is 0 Å². The first-order chi connectivity index (χ1) is 9.70. The van der Waals surface area contributed by atoms with E-state index >= 15 is 0 Å². The number of primary sulfonamides is 1. The zero-order valence-corrected chi connectivity index (χ0v) is 13.0. The van der Waals surface area contributed by atoms with Gasteiger partial charge < -0.3 is 11.1 Å². The number of hydrogen-bond donors (Lipinski definition) is 3. The largest absolute Gasteiger partial charge is 0.399 e. The Morgan fingerprint density at radius 3 is 2.52 bits per heavy atom. The van der Waals surface area contributed by atoms with Gasteiger partial charge in [0.25, 0.3) is 0 Å². The Labute approximate surface area is 124 Å². The average molecular weight is 309 g/mol. The first-order valence-corrected chi connectivity index (χ1v) is 7.90. The van der Waals surface area contributed by atoms with Crippen LogP contribution in [0.15, 0.2) is 23.1 Å². The quantitative estimate of drug-likeness (QED) is 0.725. The monoisotopic (exact) mass is 309 g/mol. The number of nitrogens with zero attached hydrogens (tertiary/aromatic N) is 2. The molecule has 8 heteroatoms. The van der Waals surface area contributed by atoms with E-state index in [-0.39, 0.29) is 4.90 Å². The molecule has 0 saturated heterocycles. The van der Waals surface area contributed by atoms with Crippen LogP contribution >= 0.6 is 0 Å². The van der Waals surface area contributed by atoms with Gasteiger partial charge in [0, 0.05) is 30.5 Å². The highest BCUT2D eigenvalue weighted by Crippen LogP contribution is 2.24. The van der Waals surface area contributed by atoms with Gasteiger partial charge in [-0.25, -0.2) is 13.6 Å². The van der Waals surface area contributed by atoms with Gasteiger partial charge in [0.05, 0.1) is 11.4 Å². The molecule has 0 aliphatic carbocycles. The lowest BCUT2D eigenvalue weighted by Crippen LogP contribution is -2.15. The third-order valence-corrected chi connectivity index (χ3v) is 4.38. The summed E-state index contributed by atoms with van der Waals surface area (Å²) in [5.41, 5.74) is 9.33. The summed E-state index contributed by atoms with van der Waals surface area (Å²) in [6, 6.07) is 4.58. The molecule has 0 aliphatic rings. The first kappa shape index (κ1) is 15.3. The number of nitrogens with one attached hydrogen (secondary N) is 1. The van der Waals surface area contributed by atoms with Gasteiger partial charge in [-0.05, 0) is 32.0 Å². The molecule has 0 amide bonds. The van der Waals surface area contributed by atoms with Gasteiger partial charge in [-0.1, -0.05) is 0 Å². The zero-order chi connectivity index (χ0) is 15.8. The number of nitrogens with two attached hydrogens (primary N) is 2. The second-order valence-corrected chi connectivity index (χ2v) is 6.46. The van der Waals surface area contributed by atoms with Gasteiger partial charge in [0.1, 0.15) is 4.90 Å². The van der Waals surface area contributed by atoms with Crippen molar-refractivity contribution in [3.8, 4) is 0 Å². The predicted octanol–water partition coefficient (Wildman–Crippen LogP) is 0.879. The lowest BCUT2D eigenvalue weighted by Gasteiger charge is -2.12. The third-order valence-electron chi connectivity index (χ3n) is 3.43. The number of sulfonamides is 1. The molecular weight excluding hydrogens is 290 g/mol. The standard InChI is InChI=1S/C13H19N5O2S/c1-8-11(9(2)18(3)17-8)7-16-12-5-4-10(14)6-13(12)21(15,19)20/h4-6,16H,7,14H2,1-3H3,(H2,15,19,20). The van der Waals surface area contributed by atoms with E-state index in [0.717, 1.165) is 17.0 Å². The van der Waals surface area contributed by atoms with Gasteiger partial charge in [0.15, 0.2) is 0 Å². The van der Waals surface area contributed by atoms with E-state index < -0.39 is 10.0 Å². The van der Waals surface area contributed by atoms with Crippen LogP contribution in [0.2, 0.25) is 0 Å². The van der Waals surface area contributed by atoms with E-state index in [2.05, 4.69) is 10.4 Å². The fourth-order valence-corrected chi connectivity index (χ4v) is 2.92. The summed E-state index contributed by atoms with van der Waals surface area (Å²) < 4.78 is 25.0.